The monoisotopic (exact) mass is 586 g/mol. The van der Waals surface area contributed by atoms with Gasteiger partial charge in [0, 0.05) is 26.2 Å². The summed E-state index contributed by atoms with van der Waals surface area (Å²) in [5.74, 6) is 0.423. The number of Topliss-reactive ketones (excluding diaryl/α,β-unsaturated/α-hetero) is 1. The van der Waals surface area contributed by atoms with E-state index in [1.165, 1.54) is 43.9 Å². The number of aromatic nitrogens is 3. The van der Waals surface area contributed by atoms with E-state index < -0.39 is 36.7 Å². The minimum absolute atomic E-state index is 0.128. The molecule has 1 unspecified atom stereocenters. The molecule has 1 fully saturated rings. The molecule has 0 N–H and O–H groups in total. The van der Waals surface area contributed by atoms with E-state index in [4.69, 9.17) is 0 Å². The van der Waals surface area contributed by atoms with Gasteiger partial charge in [-0.05, 0) is 85.3 Å². The van der Waals surface area contributed by atoms with Gasteiger partial charge >= 0.3 is 0 Å². The highest BCUT2D eigenvalue weighted by molar-refractivity contribution is 5.92. The summed E-state index contributed by atoms with van der Waals surface area (Å²) >= 11 is 0. The predicted molar refractivity (Wildman–Crippen MR) is 152 cm³/mol. The van der Waals surface area contributed by atoms with Crippen molar-refractivity contribution >= 4 is 11.7 Å². The second kappa shape index (κ2) is 14.6. The zero-order valence-electron chi connectivity index (χ0n) is 24.1. The van der Waals surface area contributed by atoms with Crippen LogP contribution in [0.5, 0.6) is 0 Å². The van der Waals surface area contributed by atoms with Crippen molar-refractivity contribution in [2.75, 3.05) is 13.1 Å². The third-order valence-corrected chi connectivity index (χ3v) is 8.16. The van der Waals surface area contributed by atoms with Crippen molar-refractivity contribution in [2.45, 2.75) is 90.0 Å². The Morgan fingerprint density at radius 2 is 1.74 bits per heavy atom. The highest BCUT2D eigenvalue weighted by Crippen LogP contribution is 2.34. The maximum absolute atomic E-state index is 13.1. The Labute approximate surface area is 244 Å². The molecule has 226 valence electrons. The van der Waals surface area contributed by atoms with Gasteiger partial charge in [0.1, 0.15) is 23.6 Å². The van der Waals surface area contributed by atoms with Gasteiger partial charge in [0.15, 0.2) is 5.78 Å². The van der Waals surface area contributed by atoms with Gasteiger partial charge in [-0.2, -0.15) is 5.10 Å². The molecule has 1 aliphatic carbocycles. The lowest BCUT2D eigenvalue weighted by Gasteiger charge is -2.32. The van der Waals surface area contributed by atoms with Crippen LogP contribution in [0.25, 0.3) is 0 Å². The molecule has 0 bridgehead atoms. The van der Waals surface area contributed by atoms with E-state index in [2.05, 4.69) is 41.3 Å². The average Bonchev–Trinajstić information content (AvgIpc) is 3.42. The molecule has 3 heterocycles. The summed E-state index contributed by atoms with van der Waals surface area (Å²) in [5.41, 5.74) is 3.12. The van der Waals surface area contributed by atoms with Crippen LogP contribution in [0.15, 0.2) is 48.7 Å². The summed E-state index contributed by atoms with van der Waals surface area (Å²) < 4.78 is 52.3. The number of hydrogen-bond acceptors (Lipinski definition) is 4. The molecule has 6 nitrogen and oxygen atoms in total. The lowest BCUT2D eigenvalue weighted by atomic mass is 9.81. The molecule has 3 aromatic rings. The van der Waals surface area contributed by atoms with Gasteiger partial charge in [-0.25, -0.2) is 17.6 Å². The average molecular weight is 587 g/mol. The number of carbonyl (C=O) groups is 2. The number of benzene rings is 1. The van der Waals surface area contributed by atoms with Crippen LogP contribution in [0.1, 0.15) is 116 Å². The molecule has 2 aromatic heterocycles. The Morgan fingerprint density at radius 3 is 2.40 bits per heavy atom. The minimum Gasteiger partial charge on any atom is -0.341 e. The first kappa shape index (κ1) is 31.4. The molecule has 1 aliphatic heterocycles. The quantitative estimate of drug-likeness (QED) is 0.201. The summed E-state index contributed by atoms with van der Waals surface area (Å²) in [6.07, 6.45) is 3.65. The van der Waals surface area contributed by atoms with Crippen molar-refractivity contribution < 1.29 is 27.2 Å². The van der Waals surface area contributed by atoms with Crippen LogP contribution in [0.2, 0.25) is 0 Å². The van der Waals surface area contributed by atoms with Gasteiger partial charge in [0.25, 0.3) is 12.9 Å². The van der Waals surface area contributed by atoms with E-state index in [0.717, 1.165) is 11.5 Å². The van der Waals surface area contributed by atoms with Crippen molar-refractivity contribution in [3.63, 3.8) is 0 Å². The van der Waals surface area contributed by atoms with Gasteiger partial charge in [-0.15, -0.1) is 0 Å². The van der Waals surface area contributed by atoms with Crippen molar-refractivity contribution in [1.82, 2.24) is 19.7 Å². The molecular weight excluding hydrogens is 548 g/mol. The van der Waals surface area contributed by atoms with Gasteiger partial charge in [0.05, 0.1) is 0 Å². The van der Waals surface area contributed by atoms with Crippen molar-refractivity contribution in [1.29, 1.82) is 0 Å². The van der Waals surface area contributed by atoms with E-state index >= 15 is 0 Å². The highest BCUT2D eigenvalue weighted by atomic mass is 19.3. The predicted octanol–water partition coefficient (Wildman–Crippen LogP) is 7.67. The van der Waals surface area contributed by atoms with E-state index in [-0.39, 0.29) is 11.7 Å². The summed E-state index contributed by atoms with van der Waals surface area (Å²) in [6, 6.07) is 13.2. The highest BCUT2D eigenvalue weighted by Gasteiger charge is 2.27. The topological polar surface area (TPSA) is 68.1 Å². The number of pyridine rings is 1. The smallest absolute Gasteiger partial charge is 0.282 e. The maximum Gasteiger partial charge on any atom is 0.282 e. The second-order valence-corrected chi connectivity index (χ2v) is 11.0. The zero-order chi connectivity index (χ0) is 30.2. The Hall–Kier alpha value is -3.56. The van der Waals surface area contributed by atoms with Gasteiger partial charge < -0.3 is 4.90 Å². The van der Waals surface area contributed by atoms with E-state index in [0.29, 0.717) is 42.4 Å². The number of rotatable bonds is 8. The summed E-state index contributed by atoms with van der Waals surface area (Å²) in [7, 11) is 0. The zero-order valence-corrected chi connectivity index (χ0v) is 24.1. The molecule has 1 amide bonds. The van der Waals surface area contributed by atoms with Crippen LogP contribution in [0.3, 0.4) is 0 Å². The Balaban J connectivity index is 0.000000258. The number of ketones is 1. The fraction of sp³-hybridized carbons (Fsp3) is 0.500. The molecular formula is C32H38F4N4O2. The Morgan fingerprint density at radius 1 is 1.00 bits per heavy atom. The number of alkyl halides is 4. The number of aryl methyl sites for hydroxylation is 1. The second-order valence-electron chi connectivity index (χ2n) is 11.0. The molecule has 0 spiro atoms. The fourth-order valence-electron chi connectivity index (χ4n) is 5.95. The molecule has 1 aromatic carbocycles. The molecule has 42 heavy (non-hydrogen) atoms. The van der Waals surface area contributed by atoms with Crippen LogP contribution in [0, 0.1) is 0 Å². The largest absolute Gasteiger partial charge is 0.341 e. The third kappa shape index (κ3) is 7.83. The van der Waals surface area contributed by atoms with E-state index in [1.54, 1.807) is 23.4 Å². The molecule has 0 saturated carbocycles. The van der Waals surface area contributed by atoms with E-state index in [1.807, 2.05) is 6.07 Å². The van der Waals surface area contributed by atoms with Crippen molar-refractivity contribution in [3.8, 4) is 0 Å². The van der Waals surface area contributed by atoms with Crippen LogP contribution in [-0.2, 0) is 17.8 Å². The Bertz CT molecular complexity index is 1350. The number of carbonyl (C=O) groups excluding carboxylic acids is 2. The first-order valence-corrected chi connectivity index (χ1v) is 14.6. The lowest BCUT2D eigenvalue weighted by molar-refractivity contribution is -0.133. The first-order chi connectivity index (χ1) is 20.2. The number of likely N-dealkylation sites (tertiary alicyclic amines) is 1. The SMILES string of the molecule is CC(=O)c1cc(C2CCN(C(=O)Cn3nc(C(F)F)cc3C(F)F)CC2)ccn1.CCCC1CCCc2ccccc21. The molecule has 0 radical (unpaired) electrons. The normalized spacial score (nSPS) is 17.1. The molecule has 1 saturated heterocycles. The standard InChI is InChI=1S/C19H20F4N4O2.C13H18/c1-11(28)14-8-13(2-5-24-14)12-3-6-26(7-4-12)17(29)10-27-16(19(22)23)9-15(25-27)18(20)21;1-2-6-11-8-5-9-12-7-3-4-10-13(11)12/h2,5,8-9,12,18-19H,3-4,6-7,10H2,1H3;3-4,7,10-11H,2,5-6,8-9H2,1H3. The van der Waals surface area contributed by atoms with Gasteiger partial charge in [0.2, 0.25) is 5.91 Å². The van der Waals surface area contributed by atoms with Crippen LogP contribution < -0.4 is 0 Å². The van der Waals surface area contributed by atoms with Crippen LogP contribution in [0.4, 0.5) is 17.6 Å². The van der Waals surface area contributed by atoms with Crippen molar-refractivity contribution in [3.05, 3.63) is 82.4 Å². The third-order valence-electron chi connectivity index (χ3n) is 8.16. The maximum atomic E-state index is 13.1. The number of halogens is 4. The molecule has 2 aliphatic rings. The minimum atomic E-state index is -3.00. The number of nitrogens with zero attached hydrogens (tertiary/aromatic N) is 4. The number of piperidine rings is 1. The first-order valence-electron chi connectivity index (χ1n) is 14.6. The number of hydrogen-bond donors (Lipinski definition) is 0. The fourth-order valence-corrected chi connectivity index (χ4v) is 5.95. The Kier molecular flexibility index (Phi) is 10.9. The number of fused-ring (bicyclic) bond motifs is 1. The van der Waals surface area contributed by atoms with E-state index in [9.17, 15) is 27.2 Å². The van der Waals surface area contributed by atoms with Crippen molar-refractivity contribution in [2.24, 2.45) is 0 Å². The summed E-state index contributed by atoms with van der Waals surface area (Å²) in [5, 5.41) is 3.45. The number of amides is 1. The van der Waals surface area contributed by atoms with Gasteiger partial charge in [-0.1, -0.05) is 37.6 Å². The summed E-state index contributed by atoms with van der Waals surface area (Å²) in [4.78, 5) is 29.5. The van der Waals surface area contributed by atoms with Crippen LogP contribution in [-0.4, -0.2) is 44.4 Å². The molecule has 1 atom stereocenters. The molecule has 10 heteroatoms. The van der Waals surface area contributed by atoms with Gasteiger partial charge in [-0.3, -0.25) is 19.3 Å². The summed E-state index contributed by atoms with van der Waals surface area (Å²) in [6.45, 7) is 4.01. The molecule has 5 rings (SSSR count). The lowest BCUT2D eigenvalue weighted by Crippen LogP contribution is -2.40. The van der Waals surface area contributed by atoms with Crippen LogP contribution >= 0.6 is 0 Å².